The van der Waals surface area contributed by atoms with Crippen LogP contribution in [-0.2, 0) is 12.0 Å². The van der Waals surface area contributed by atoms with Gasteiger partial charge >= 0.3 is 6.03 Å². The first-order chi connectivity index (χ1) is 17.8. The fourth-order valence-electron chi connectivity index (χ4n) is 5.36. The number of carbonyl (C=O) groups excluding carboxylic acids is 1. The number of amides is 2. The summed E-state index contributed by atoms with van der Waals surface area (Å²) in [5.74, 6) is -1.44. The predicted octanol–water partition coefficient (Wildman–Crippen LogP) is 3.46. The molecule has 192 valence electrons. The first-order valence-corrected chi connectivity index (χ1v) is 12.0. The summed E-state index contributed by atoms with van der Waals surface area (Å²) in [4.78, 5) is 21.2. The van der Waals surface area contributed by atoms with Crippen molar-refractivity contribution >= 4 is 11.7 Å². The van der Waals surface area contributed by atoms with Crippen molar-refractivity contribution in [3.05, 3.63) is 78.6 Å². The molecule has 0 aliphatic carbocycles. The minimum Gasteiger partial charge on any atom is -0.319 e. The van der Waals surface area contributed by atoms with E-state index in [1.54, 1.807) is 20.8 Å². The summed E-state index contributed by atoms with van der Waals surface area (Å²) in [6, 6.07) is 10.3. The third-order valence-electron chi connectivity index (χ3n) is 7.38. The summed E-state index contributed by atoms with van der Waals surface area (Å²) < 4.78 is 32.4. The molecule has 12 heteroatoms. The number of hydrogen-bond donors (Lipinski definition) is 0. The van der Waals surface area contributed by atoms with Gasteiger partial charge < -0.3 is 4.90 Å². The van der Waals surface area contributed by atoms with Gasteiger partial charge in [-0.2, -0.15) is 5.10 Å². The zero-order chi connectivity index (χ0) is 26.2. The van der Waals surface area contributed by atoms with Crippen LogP contribution in [0.5, 0.6) is 0 Å². The number of benzene rings is 2. The number of urea groups is 1. The SMILES string of the molecule is CC(C)C(Cn1cncn1)(c1ccc(F)cc1F)C(C)N1CCN(c2ccc(-n3cnnn3)cc2)C1=O. The molecule has 0 bridgehead atoms. The molecule has 1 saturated heterocycles. The van der Waals surface area contributed by atoms with Crippen LogP contribution < -0.4 is 4.90 Å². The molecule has 37 heavy (non-hydrogen) atoms. The van der Waals surface area contributed by atoms with Gasteiger partial charge in [-0.15, -0.1) is 5.10 Å². The molecule has 1 aliphatic rings. The summed E-state index contributed by atoms with van der Waals surface area (Å²) in [5, 5.41) is 15.4. The van der Waals surface area contributed by atoms with Gasteiger partial charge in [0.1, 0.15) is 30.6 Å². The number of aromatic nitrogens is 7. The molecular formula is C25H27F2N9O. The van der Waals surface area contributed by atoms with E-state index in [1.807, 2.05) is 45.0 Å². The number of hydrogen-bond acceptors (Lipinski definition) is 6. The van der Waals surface area contributed by atoms with E-state index in [2.05, 4.69) is 25.6 Å². The van der Waals surface area contributed by atoms with Crippen molar-refractivity contribution in [1.29, 1.82) is 0 Å². The van der Waals surface area contributed by atoms with E-state index in [9.17, 15) is 9.18 Å². The largest absolute Gasteiger partial charge is 0.324 e. The Balaban J connectivity index is 1.49. The quantitative estimate of drug-likeness (QED) is 0.362. The highest BCUT2D eigenvalue weighted by Gasteiger charge is 2.49. The van der Waals surface area contributed by atoms with Crippen molar-refractivity contribution in [3.8, 4) is 5.69 Å². The molecular weight excluding hydrogens is 480 g/mol. The van der Waals surface area contributed by atoms with E-state index < -0.39 is 23.1 Å². The lowest BCUT2D eigenvalue weighted by molar-refractivity contribution is 0.109. The Morgan fingerprint density at radius 2 is 1.76 bits per heavy atom. The molecule has 2 unspecified atom stereocenters. The number of halogens is 2. The van der Waals surface area contributed by atoms with E-state index in [1.165, 1.54) is 29.5 Å². The monoisotopic (exact) mass is 507 g/mol. The molecule has 0 radical (unpaired) electrons. The summed E-state index contributed by atoms with van der Waals surface area (Å²) >= 11 is 0. The van der Waals surface area contributed by atoms with Crippen molar-refractivity contribution in [2.24, 2.45) is 5.92 Å². The van der Waals surface area contributed by atoms with Crippen LogP contribution in [0, 0.1) is 17.6 Å². The molecule has 2 aromatic heterocycles. The summed E-state index contributed by atoms with van der Waals surface area (Å²) in [7, 11) is 0. The Hall–Kier alpha value is -4.22. The average Bonchev–Trinajstić information content (AvgIpc) is 3.65. The first kappa shape index (κ1) is 24.5. The van der Waals surface area contributed by atoms with E-state index in [4.69, 9.17) is 0 Å². The second-order valence-corrected chi connectivity index (χ2v) is 9.49. The van der Waals surface area contributed by atoms with Crippen LogP contribution in [0.4, 0.5) is 19.3 Å². The number of tetrazole rings is 1. The molecule has 5 rings (SSSR count). The van der Waals surface area contributed by atoms with Gasteiger partial charge in [0.2, 0.25) is 0 Å². The number of anilines is 1. The van der Waals surface area contributed by atoms with E-state index in [0.717, 1.165) is 17.4 Å². The van der Waals surface area contributed by atoms with Gasteiger partial charge in [-0.05, 0) is 59.2 Å². The molecule has 10 nitrogen and oxygen atoms in total. The Labute approximate surface area is 212 Å². The second kappa shape index (κ2) is 9.68. The maximum Gasteiger partial charge on any atom is 0.324 e. The van der Waals surface area contributed by atoms with Gasteiger partial charge in [0.15, 0.2) is 0 Å². The van der Waals surface area contributed by atoms with Crippen LogP contribution in [0.1, 0.15) is 26.3 Å². The van der Waals surface area contributed by atoms with Crippen molar-refractivity contribution in [2.45, 2.75) is 38.8 Å². The maximum atomic E-state index is 15.4. The predicted molar refractivity (Wildman–Crippen MR) is 131 cm³/mol. The summed E-state index contributed by atoms with van der Waals surface area (Å²) in [6.45, 7) is 7.06. The van der Waals surface area contributed by atoms with Crippen LogP contribution in [0.2, 0.25) is 0 Å². The van der Waals surface area contributed by atoms with Crippen LogP contribution in [0.3, 0.4) is 0 Å². The highest BCUT2D eigenvalue weighted by molar-refractivity contribution is 5.94. The minimum atomic E-state index is -0.916. The van der Waals surface area contributed by atoms with Gasteiger partial charge in [-0.3, -0.25) is 9.58 Å². The fraction of sp³-hybridized carbons (Fsp3) is 0.360. The third kappa shape index (κ3) is 4.32. The van der Waals surface area contributed by atoms with Crippen molar-refractivity contribution < 1.29 is 13.6 Å². The van der Waals surface area contributed by atoms with Gasteiger partial charge in [0, 0.05) is 36.3 Å². The van der Waals surface area contributed by atoms with E-state index in [-0.39, 0.29) is 18.5 Å². The Morgan fingerprint density at radius 1 is 1.00 bits per heavy atom. The highest BCUT2D eigenvalue weighted by Crippen LogP contribution is 2.42. The second-order valence-electron chi connectivity index (χ2n) is 9.49. The van der Waals surface area contributed by atoms with E-state index >= 15 is 4.39 Å². The Morgan fingerprint density at radius 3 is 2.38 bits per heavy atom. The van der Waals surface area contributed by atoms with Crippen LogP contribution in [0.15, 0.2) is 61.4 Å². The van der Waals surface area contributed by atoms with E-state index in [0.29, 0.717) is 18.7 Å². The fourth-order valence-corrected chi connectivity index (χ4v) is 5.36. The van der Waals surface area contributed by atoms with Crippen molar-refractivity contribution in [3.63, 3.8) is 0 Å². The Bertz CT molecular complexity index is 1360. The zero-order valence-electron chi connectivity index (χ0n) is 20.7. The van der Waals surface area contributed by atoms with Gasteiger partial charge in [0.05, 0.1) is 12.2 Å². The standard InChI is InChI=1S/C25H27F2N9O/c1-17(2)25(13-33-15-28-14-30-33,22-9-4-19(26)12-23(22)27)18(3)34-10-11-35(24(34)37)20-5-7-21(8-6-20)36-16-29-31-32-36/h4-9,12,14-18H,10-11,13H2,1-3H3. The summed E-state index contributed by atoms with van der Waals surface area (Å²) in [6.07, 6.45) is 4.47. The maximum absolute atomic E-state index is 15.4. The van der Waals surface area contributed by atoms with Crippen LogP contribution in [-0.4, -0.2) is 65.0 Å². The minimum absolute atomic E-state index is 0.135. The number of carbonyl (C=O) groups is 1. The molecule has 3 heterocycles. The van der Waals surface area contributed by atoms with Crippen LogP contribution in [0.25, 0.3) is 5.69 Å². The average molecular weight is 508 g/mol. The topological polar surface area (TPSA) is 97.9 Å². The molecule has 0 spiro atoms. The van der Waals surface area contributed by atoms with Gasteiger partial charge in [-0.1, -0.05) is 19.9 Å². The lowest BCUT2D eigenvalue weighted by atomic mass is 9.66. The Kier molecular flexibility index (Phi) is 6.40. The van der Waals surface area contributed by atoms with Crippen molar-refractivity contribution in [1.82, 2.24) is 39.9 Å². The van der Waals surface area contributed by atoms with Gasteiger partial charge in [0.25, 0.3) is 0 Å². The normalized spacial score (nSPS) is 16.4. The van der Waals surface area contributed by atoms with Gasteiger partial charge in [-0.25, -0.2) is 23.2 Å². The molecule has 2 atom stereocenters. The van der Waals surface area contributed by atoms with Crippen LogP contribution >= 0.6 is 0 Å². The number of rotatable bonds is 8. The molecule has 4 aromatic rings. The number of nitrogens with zero attached hydrogens (tertiary/aromatic N) is 9. The molecule has 2 aromatic carbocycles. The third-order valence-corrected chi connectivity index (χ3v) is 7.38. The first-order valence-electron chi connectivity index (χ1n) is 12.0. The smallest absolute Gasteiger partial charge is 0.319 e. The zero-order valence-corrected chi connectivity index (χ0v) is 20.7. The molecule has 1 aliphatic heterocycles. The lowest BCUT2D eigenvalue weighted by Crippen LogP contribution is -2.55. The molecule has 1 fully saturated rings. The molecule has 0 N–H and O–H groups in total. The van der Waals surface area contributed by atoms with Crippen molar-refractivity contribution in [2.75, 3.05) is 18.0 Å². The lowest BCUT2D eigenvalue weighted by Gasteiger charge is -2.46. The molecule has 0 saturated carbocycles. The highest BCUT2D eigenvalue weighted by atomic mass is 19.1. The summed E-state index contributed by atoms with van der Waals surface area (Å²) in [5.41, 5.74) is 0.921. The molecule has 2 amide bonds.